The van der Waals surface area contributed by atoms with E-state index in [9.17, 15) is 19.5 Å². The number of carbonyl (C=O) groups excluding carboxylic acids is 3. The highest BCUT2D eigenvalue weighted by atomic mass is 32.2. The molecule has 0 aliphatic rings. The molecular formula is C15H19N2O5S-. The van der Waals surface area contributed by atoms with Crippen LogP contribution in [0, 0.1) is 0 Å². The Hall–Kier alpha value is -2.22. The first-order valence-corrected chi connectivity index (χ1v) is 8.36. The van der Waals surface area contributed by atoms with Crippen LogP contribution in [0.4, 0.5) is 4.79 Å². The molecule has 23 heavy (non-hydrogen) atoms. The molecule has 2 N–H and O–H groups in total. The number of nitrogens with one attached hydrogen (secondary N) is 2. The molecule has 126 valence electrons. The maximum absolute atomic E-state index is 11.9. The van der Waals surface area contributed by atoms with Gasteiger partial charge in [-0.25, -0.2) is 4.79 Å². The van der Waals surface area contributed by atoms with Crippen LogP contribution in [0.1, 0.15) is 12.0 Å². The van der Waals surface area contributed by atoms with Gasteiger partial charge in [-0.3, -0.25) is 4.79 Å². The third-order valence-corrected chi connectivity index (χ3v) is 3.48. The molecule has 0 radical (unpaired) electrons. The lowest BCUT2D eigenvalue weighted by molar-refractivity contribution is -0.304. The van der Waals surface area contributed by atoms with Crippen molar-refractivity contribution in [1.82, 2.24) is 10.6 Å². The highest BCUT2D eigenvalue weighted by Crippen LogP contribution is 2.04. The average molecular weight is 339 g/mol. The summed E-state index contributed by atoms with van der Waals surface area (Å²) >= 11 is 1.51. The second-order valence-electron chi connectivity index (χ2n) is 4.63. The van der Waals surface area contributed by atoms with Crippen LogP contribution in [0.3, 0.4) is 0 Å². The van der Waals surface area contributed by atoms with Crippen molar-refractivity contribution >= 4 is 29.7 Å². The minimum Gasteiger partial charge on any atom is -0.548 e. The van der Waals surface area contributed by atoms with Gasteiger partial charge in [-0.05, 0) is 24.0 Å². The lowest BCUT2D eigenvalue weighted by Crippen LogP contribution is -2.49. The van der Waals surface area contributed by atoms with Gasteiger partial charge in [0.05, 0.1) is 12.5 Å². The highest BCUT2D eigenvalue weighted by molar-refractivity contribution is 7.98. The summed E-state index contributed by atoms with van der Waals surface area (Å²) in [4.78, 5) is 34.0. The van der Waals surface area contributed by atoms with Crippen LogP contribution in [0.5, 0.6) is 0 Å². The number of ether oxygens (including phenoxy) is 1. The number of hydrogen-bond acceptors (Lipinski definition) is 6. The standard InChI is InChI=1S/C15H20N2O5S/c1-23-8-7-12(14(20)16-9-13(18)19)17-15(21)22-10-11-5-3-2-4-6-11/h2-6,12H,7-10H2,1H3,(H,16,20)(H,17,21)(H,18,19)/p-1/t12-/m0/s1. The molecule has 0 spiro atoms. The van der Waals surface area contributed by atoms with Crippen molar-refractivity contribution in [1.29, 1.82) is 0 Å². The number of alkyl carbamates (subject to hydrolysis) is 1. The number of thioether (sulfide) groups is 1. The molecule has 1 aromatic rings. The Morgan fingerprint density at radius 3 is 2.57 bits per heavy atom. The molecule has 0 aliphatic heterocycles. The van der Waals surface area contributed by atoms with Gasteiger partial charge in [-0.1, -0.05) is 30.3 Å². The second kappa shape index (κ2) is 10.5. The smallest absolute Gasteiger partial charge is 0.408 e. The van der Waals surface area contributed by atoms with Crippen LogP contribution in [0.15, 0.2) is 30.3 Å². The van der Waals surface area contributed by atoms with Crippen LogP contribution in [-0.2, 0) is 20.9 Å². The molecule has 8 heteroatoms. The maximum Gasteiger partial charge on any atom is 0.408 e. The summed E-state index contributed by atoms with van der Waals surface area (Å²) < 4.78 is 5.05. The minimum absolute atomic E-state index is 0.0859. The van der Waals surface area contributed by atoms with Gasteiger partial charge in [0.1, 0.15) is 12.6 Å². The second-order valence-corrected chi connectivity index (χ2v) is 5.62. The van der Waals surface area contributed by atoms with Gasteiger partial charge in [0.2, 0.25) is 5.91 Å². The minimum atomic E-state index is -1.39. The van der Waals surface area contributed by atoms with Gasteiger partial charge in [0.15, 0.2) is 0 Å². The quantitative estimate of drug-likeness (QED) is 0.650. The molecule has 1 aromatic carbocycles. The Morgan fingerprint density at radius 1 is 1.26 bits per heavy atom. The number of carbonyl (C=O) groups is 3. The van der Waals surface area contributed by atoms with E-state index < -0.39 is 30.6 Å². The zero-order chi connectivity index (χ0) is 17.1. The van der Waals surface area contributed by atoms with Crippen molar-refractivity contribution < 1.29 is 24.2 Å². The first-order chi connectivity index (χ1) is 11.0. The fourth-order valence-corrected chi connectivity index (χ4v) is 2.17. The van der Waals surface area contributed by atoms with Gasteiger partial charge >= 0.3 is 6.09 Å². The van der Waals surface area contributed by atoms with Crippen molar-refractivity contribution in [3.8, 4) is 0 Å². The zero-order valence-corrected chi connectivity index (χ0v) is 13.6. The SMILES string of the molecule is CSCC[C@H](NC(=O)OCc1ccccc1)C(=O)NCC(=O)[O-]. The molecule has 0 heterocycles. The summed E-state index contributed by atoms with van der Waals surface area (Å²) in [5.74, 6) is -1.35. The molecule has 0 fully saturated rings. The first kappa shape index (κ1) is 18.8. The Labute approximate surface area is 138 Å². The summed E-state index contributed by atoms with van der Waals surface area (Å²) in [5.41, 5.74) is 0.824. The third-order valence-electron chi connectivity index (χ3n) is 2.84. The van der Waals surface area contributed by atoms with E-state index in [1.807, 2.05) is 36.6 Å². The summed E-state index contributed by atoms with van der Waals surface area (Å²) in [6.45, 7) is -0.516. The molecule has 0 aromatic heterocycles. The van der Waals surface area contributed by atoms with Gasteiger partial charge in [-0.2, -0.15) is 11.8 Å². The predicted octanol–water partition coefficient (Wildman–Crippen LogP) is -0.0994. The summed E-state index contributed by atoms with van der Waals surface area (Å²) in [6.07, 6.45) is 1.49. The van der Waals surface area contributed by atoms with Gasteiger partial charge < -0.3 is 25.3 Å². The van der Waals surface area contributed by atoms with Gasteiger partial charge in [-0.15, -0.1) is 0 Å². The third kappa shape index (κ3) is 8.10. The molecule has 1 atom stereocenters. The average Bonchev–Trinajstić information content (AvgIpc) is 2.55. The highest BCUT2D eigenvalue weighted by Gasteiger charge is 2.20. The van der Waals surface area contributed by atoms with E-state index in [1.165, 1.54) is 11.8 Å². The molecular weight excluding hydrogens is 320 g/mol. The van der Waals surface area contributed by atoms with E-state index in [4.69, 9.17) is 4.74 Å². The molecule has 0 bridgehead atoms. The lowest BCUT2D eigenvalue weighted by atomic mass is 10.2. The lowest BCUT2D eigenvalue weighted by Gasteiger charge is -2.18. The summed E-state index contributed by atoms with van der Waals surface area (Å²) in [7, 11) is 0. The maximum atomic E-state index is 11.9. The molecule has 0 unspecified atom stereocenters. The Bertz CT molecular complexity index is 524. The van der Waals surface area contributed by atoms with Crippen molar-refractivity contribution in [3.63, 3.8) is 0 Å². The van der Waals surface area contributed by atoms with Crippen molar-refractivity contribution in [2.24, 2.45) is 0 Å². The van der Waals surface area contributed by atoms with E-state index in [0.29, 0.717) is 12.2 Å². The summed E-state index contributed by atoms with van der Waals surface area (Å²) in [5, 5.41) is 15.0. The van der Waals surface area contributed by atoms with Gasteiger partial charge in [0, 0.05) is 0 Å². The fraction of sp³-hybridized carbons (Fsp3) is 0.400. The molecule has 2 amide bonds. The van der Waals surface area contributed by atoms with E-state index in [0.717, 1.165) is 5.56 Å². The number of hydrogen-bond donors (Lipinski definition) is 2. The fourth-order valence-electron chi connectivity index (χ4n) is 1.69. The molecule has 1 rings (SSSR count). The Morgan fingerprint density at radius 2 is 1.96 bits per heavy atom. The number of carboxylic acid groups (broad SMARTS) is 1. The van der Waals surface area contributed by atoms with Crippen molar-refractivity contribution in [3.05, 3.63) is 35.9 Å². The number of aliphatic carboxylic acids is 1. The largest absolute Gasteiger partial charge is 0.548 e. The molecule has 0 saturated heterocycles. The van der Waals surface area contributed by atoms with E-state index in [2.05, 4.69) is 10.6 Å². The molecule has 7 nitrogen and oxygen atoms in total. The van der Waals surface area contributed by atoms with Crippen LogP contribution in [0.2, 0.25) is 0 Å². The van der Waals surface area contributed by atoms with E-state index >= 15 is 0 Å². The summed E-state index contributed by atoms with van der Waals surface area (Å²) in [6, 6.07) is 8.26. The normalized spacial score (nSPS) is 11.3. The van der Waals surface area contributed by atoms with Crippen molar-refractivity contribution in [2.45, 2.75) is 19.1 Å². The van der Waals surface area contributed by atoms with E-state index in [-0.39, 0.29) is 6.61 Å². The number of rotatable bonds is 9. The van der Waals surface area contributed by atoms with Crippen LogP contribution in [0.25, 0.3) is 0 Å². The molecule has 0 aliphatic carbocycles. The Kier molecular flexibility index (Phi) is 8.59. The van der Waals surface area contributed by atoms with Crippen LogP contribution in [-0.4, -0.2) is 42.6 Å². The van der Waals surface area contributed by atoms with Crippen molar-refractivity contribution in [2.75, 3.05) is 18.6 Å². The zero-order valence-electron chi connectivity index (χ0n) is 12.7. The molecule has 0 saturated carbocycles. The van der Waals surface area contributed by atoms with Crippen LogP contribution >= 0.6 is 11.8 Å². The topological polar surface area (TPSA) is 108 Å². The van der Waals surface area contributed by atoms with Crippen LogP contribution < -0.4 is 15.7 Å². The van der Waals surface area contributed by atoms with E-state index in [1.54, 1.807) is 0 Å². The number of amides is 2. The number of carboxylic acids is 1. The number of benzene rings is 1. The monoisotopic (exact) mass is 339 g/mol. The first-order valence-electron chi connectivity index (χ1n) is 6.96. The Balaban J connectivity index is 2.49. The van der Waals surface area contributed by atoms with Gasteiger partial charge in [0.25, 0.3) is 0 Å². The predicted molar refractivity (Wildman–Crippen MR) is 84.6 cm³/mol.